The van der Waals surface area contributed by atoms with Gasteiger partial charge in [0.15, 0.2) is 5.78 Å². The Morgan fingerprint density at radius 1 is 1.24 bits per heavy atom. The highest BCUT2D eigenvalue weighted by Gasteiger charge is 2.39. The van der Waals surface area contributed by atoms with Crippen LogP contribution >= 0.6 is 0 Å². The van der Waals surface area contributed by atoms with Gasteiger partial charge in [0.25, 0.3) is 0 Å². The quantitative estimate of drug-likeness (QED) is 0.751. The van der Waals surface area contributed by atoms with Crippen LogP contribution in [0, 0.1) is 11.3 Å². The van der Waals surface area contributed by atoms with Gasteiger partial charge in [-0.05, 0) is 52.5 Å². The number of hydrogen-bond donors (Lipinski definition) is 0. The molecule has 1 aliphatic rings. The van der Waals surface area contributed by atoms with Gasteiger partial charge in [0.05, 0.1) is 18.2 Å². The predicted octanol–water partition coefficient (Wildman–Crippen LogP) is 2.16. The predicted molar refractivity (Wildman–Crippen MR) is 83.3 cm³/mol. The van der Waals surface area contributed by atoms with Gasteiger partial charge in [-0.25, -0.2) is 0 Å². The number of carbonyl (C=O) groups is 1. The molecule has 4 heteroatoms. The number of nitrogens with zero attached hydrogens (tertiary/aromatic N) is 3. The van der Waals surface area contributed by atoms with E-state index in [-0.39, 0.29) is 11.3 Å². The number of ketones is 1. The lowest BCUT2D eigenvalue weighted by Gasteiger charge is -2.49. The van der Waals surface area contributed by atoms with E-state index in [2.05, 4.69) is 30.0 Å². The molecule has 0 unspecified atom stereocenters. The van der Waals surface area contributed by atoms with Crippen LogP contribution in [0.4, 0.5) is 0 Å². The molecule has 0 spiro atoms. The molecule has 1 saturated carbocycles. The molecule has 0 aromatic heterocycles. The van der Waals surface area contributed by atoms with Gasteiger partial charge in [-0.3, -0.25) is 9.69 Å². The summed E-state index contributed by atoms with van der Waals surface area (Å²) in [6.07, 6.45) is 3.68. The van der Waals surface area contributed by atoms with Crippen molar-refractivity contribution in [3.63, 3.8) is 0 Å². The average Bonchev–Trinajstić information content (AvgIpc) is 2.42. The number of nitriles is 1. The zero-order chi connectivity index (χ0) is 15.5. The van der Waals surface area contributed by atoms with E-state index >= 15 is 0 Å². The van der Waals surface area contributed by atoms with E-state index in [9.17, 15) is 4.79 Å². The third kappa shape index (κ3) is 3.49. The molecule has 0 aliphatic heterocycles. The molecule has 2 rings (SSSR count). The fourth-order valence-electron chi connectivity index (χ4n) is 2.96. The molecule has 0 saturated heterocycles. The Balaban J connectivity index is 1.94. The van der Waals surface area contributed by atoms with E-state index in [1.807, 2.05) is 7.05 Å². The van der Waals surface area contributed by atoms with Gasteiger partial charge in [-0.15, -0.1) is 0 Å². The summed E-state index contributed by atoms with van der Waals surface area (Å²) in [6, 6.07) is 8.93. The molecule has 0 amide bonds. The molecule has 21 heavy (non-hydrogen) atoms. The van der Waals surface area contributed by atoms with Crippen LogP contribution in [0.3, 0.4) is 0 Å². The number of likely N-dealkylation sites (N-methyl/N-ethyl adjacent to an activating group) is 2. The zero-order valence-corrected chi connectivity index (χ0v) is 13.1. The summed E-state index contributed by atoms with van der Waals surface area (Å²) in [5.74, 6) is 0.107. The molecule has 0 atom stereocenters. The standard InChI is InChI=1S/C17H23N3O/c1-19(2)17(9-4-10-17)13-20(3)12-16(21)15-7-5-14(11-18)6-8-15/h5-8H,4,9-10,12-13H2,1-3H3. The minimum atomic E-state index is 0.107. The monoisotopic (exact) mass is 285 g/mol. The Morgan fingerprint density at radius 3 is 2.29 bits per heavy atom. The number of carbonyl (C=O) groups excluding carboxylic acids is 1. The minimum Gasteiger partial charge on any atom is -0.302 e. The summed E-state index contributed by atoms with van der Waals surface area (Å²) in [5.41, 5.74) is 1.49. The first-order valence-corrected chi connectivity index (χ1v) is 7.36. The second kappa shape index (κ2) is 6.38. The van der Waals surface area contributed by atoms with E-state index in [4.69, 9.17) is 5.26 Å². The van der Waals surface area contributed by atoms with Crippen molar-refractivity contribution < 1.29 is 4.79 Å². The molecule has 1 aromatic rings. The Labute approximate surface area is 127 Å². The van der Waals surface area contributed by atoms with Crippen LogP contribution in [0.1, 0.15) is 35.2 Å². The Bertz CT molecular complexity index is 538. The van der Waals surface area contributed by atoms with E-state index in [1.165, 1.54) is 19.3 Å². The molecular weight excluding hydrogens is 262 g/mol. The molecule has 0 radical (unpaired) electrons. The molecule has 112 valence electrons. The maximum absolute atomic E-state index is 12.3. The van der Waals surface area contributed by atoms with Crippen molar-refractivity contribution in [2.45, 2.75) is 24.8 Å². The third-order valence-electron chi connectivity index (χ3n) is 4.55. The summed E-state index contributed by atoms with van der Waals surface area (Å²) in [5, 5.41) is 8.78. The first kappa shape index (κ1) is 15.7. The van der Waals surface area contributed by atoms with Crippen LogP contribution in [-0.4, -0.2) is 55.4 Å². The maximum atomic E-state index is 12.3. The lowest BCUT2D eigenvalue weighted by Crippen LogP contribution is -2.57. The van der Waals surface area contributed by atoms with Crippen LogP contribution in [0.25, 0.3) is 0 Å². The van der Waals surface area contributed by atoms with Gasteiger partial charge in [0.1, 0.15) is 0 Å². The fourth-order valence-corrected chi connectivity index (χ4v) is 2.96. The van der Waals surface area contributed by atoms with Crippen molar-refractivity contribution in [3.05, 3.63) is 35.4 Å². The maximum Gasteiger partial charge on any atom is 0.176 e. The summed E-state index contributed by atoms with van der Waals surface area (Å²) in [7, 11) is 6.25. The van der Waals surface area contributed by atoms with Gasteiger partial charge in [0.2, 0.25) is 0 Å². The van der Waals surface area contributed by atoms with Crippen molar-refractivity contribution in [1.29, 1.82) is 5.26 Å². The van der Waals surface area contributed by atoms with Gasteiger partial charge in [0, 0.05) is 17.6 Å². The van der Waals surface area contributed by atoms with E-state index in [0.29, 0.717) is 17.7 Å². The zero-order valence-electron chi connectivity index (χ0n) is 13.1. The van der Waals surface area contributed by atoms with Crippen molar-refractivity contribution in [3.8, 4) is 6.07 Å². The fraction of sp³-hybridized carbons (Fsp3) is 0.529. The van der Waals surface area contributed by atoms with Crippen LogP contribution in [0.2, 0.25) is 0 Å². The molecule has 1 aromatic carbocycles. The number of benzene rings is 1. The highest BCUT2D eigenvalue weighted by Crippen LogP contribution is 2.36. The number of hydrogen-bond acceptors (Lipinski definition) is 4. The molecule has 0 heterocycles. The third-order valence-corrected chi connectivity index (χ3v) is 4.55. The second-order valence-electron chi connectivity index (χ2n) is 6.26. The highest BCUT2D eigenvalue weighted by molar-refractivity contribution is 5.97. The lowest BCUT2D eigenvalue weighted by molar-refractivity contribution is 0.0280. The average molecular weight is 285 g/mol. The van der Waals surface area contributed by atoms with Crippen molar-refractivity contribution in [2.24, 2.45) is 0 Å². The summed E-state index contributed by atoms with van der Waals surface area (Å²) in [6.45, 7) is 1.34. The van der Waals surface area contributed by atoms with Crippen LogP contribution in [0.5, 0.6) is 0 Å². The van der Waals surface area contributed by atoms with Gasteiger partial charge in [-0.2, -0.15) is 5.26 Å². The van der Waals surface area contributed by atoms with Crippen LogP contribution in [-0.2, 0) is 0 Å². The van der Waals surface area contributed by atoms with Crippen molar-refractivity contribution >= 4 is 5.78 Å². The summed E-state index contributed by atoms with van der Waals surface area (Å²) < 4.78 is 0. The molecule has 0 bridgehead atoms. The van der Waals surface area contributed by atoms with Gasteiger partial charge >= 0.3 is 0 Å². The van der Waals surface area contributed by atoms with Crippen molar-refractivity contribution in [1.82, 2.24) is 9.80 Å². The Kier molecular flexibility index (Phi) is 4.76. The minimum absolute atomic E-state index is 0.107. The lowest BCUT2D eigenvalue weighted by atomic mass is 9.75. The molecule has 1 fully saturated rings. The molecule has 4 nitrogen and oxygen atoms in total. The number of Topliss-reactive ketones (excluding diaryl/α,β-unsaturated/α-hetero) is 1. The second-order valence-corrected chi connectivity index (χ2v) is 6.26. The van der Waals surface area contributed by atoms with Gasteiger partial charge < -0.3 is 4.90 Å². The Hall–Kier alpha value is -1.70. The van der Waals surface area contributed by atoms with E-state index < -0.39 is 0 Å². The first-order chi connectivity index (χ1) is 9.97. The van der Waals surface area contributed by atoms with E-state index in [0.717, 1.165) is 6.54 Å². The Morgan fingerprint density at radius 2 is 1.86 bits per heavy atom. The summed E-state index contributed by atoms with van der Waals surface area (Å²) in [4.78, 5) is 16.7. The molecular formula is C17H23N3O. The van der Waals surface area contributed by atoms with Gasteiger partial charge in [-0.1, -0.05) is 12.1 Å². The van der Waals surface area contributed by atoms with Crippen molar-refractivity contribution in [2.75, 3.05) is 34.2 Å². The van der Waals surface area contributed by atoms with Crippen LogP contribution < -0.4 is 0 Å². The topological polar surface area (TPSA) is 47.3 Å². The molecule has 1 aliphatic carbocycles. The first-order valence-electron chi connectivity index (χ1n) is 7.36. The van der Waals surface area contributed by atoms with E-state index in [1.54, 1.807) is 24.3 Å². The van der Waals surface area contributed by atoms with Crippen LogP contribution in [0.15, 0.2) is 24.3 Å². The normalized spacial score (nSPS) is 16.6. The summed E-state index contributed by atoms with van der Waals surface area (Å²) >= 11 is 0. The number of rotatable bonds is 6. The SMILES string of the molecule is CN(CC(=O)c1ccc(C#N)cc1)CC1(N(C)C)CCC1. The smallest absolute Gasteiger partial charge is 0.176 e. The molecule has 0 N–H and O–H groups in total. The largest absolute Gasteiger partial charge is 0.302 e. The highest BCUT2D eigenvalue weighted by atomic mass is 16.1.